The zero-order valence-corrected chi connectivity index (χ0v) is 5.79. The molecule has 0 aliphatic heterocycles. The minimum atomic E-state index is 0.755. The summed E-state index contributed by atoms with van der Waals surface area (Å²) in [6, 6.07) is 7.46. The van der Waals surface area contributed by atoms with Gasteiger partial charge < -0.3 is 9.96 Å². The second kappa shape index (κ2) is 3.15. The van der Waals surface area contributed by atoms with Gasteiger partial charge in [0, 0.05) is 0 Å². The van der Waals surface area contributed by atoms with Gasteiger partial charge >= 0.3 is 0 Å². The topological polar surface area (TPSA) is 21.3 Å². The molecule has 1 N–H and O–H groups in total. The smallest absolute Gasteiger partial charge is 0.222 e. The van der Waals surface area contributed by atoms with Gasteiger partial charge in [0.15, 0.2) is 0 Å². The molecule has 3 heteroatoms. The van der Waals surface area contributed by atoms with Crippen LogP contribution in [0.5, 0.6) is 5.75 Å². The third-order valence-electron chi connectivity index (χ3n) is 1.26. The monoisotopic (exact) mass is 133 g/mol. The van der Waals surface area contributed by atoms with E-state index >= 15 is 0 Å². The molecule has 0 unspecified atom stereocenters. The molecular formula is C7H8BNO. The van der Waals surface area contributed by atoms with E-state index in [0.29, 0.717) is 0 Å². The van der Waals surface area contributed by atoms with E-state index in [9.17, 15) is 0 Å². The minimum absolute atomic E-state index is 0.755. The van der Waals surface area contributed by atoms with Crippen LogP contribution in [-0.4, -0.2) is 15.1 Å². The van der Waals surface area contributed by atoms with Crippen molar-refractivity contribution in [2.24, 2.45) is 0 Å². The number of hydrogen-bond acceptors (Lipinski definition) is 2. The van der Waals surface area contributed by atoms with Gasteiger partial charge in [0.05, 0.1) is 12.8 Å². The summed E-state index contributed by atoms with van der Waals surface area (Å²) in [7, 11) is 6.80. The van der Waals surface area contributed by atoms with Crippen LogP contribution >= 0.6 is 0 Å². The van der Waals surface area contributed by atoms with Gasteiger partial charge in [-0.25, -0.2) is 0 Å². The normalized spacial score (nSPS) is 8.90. The summed E-state index contributed by atoms with van der Waals surface area (Å²) in [5.41, 5.74) is 0.796. The van der Waals surface area contributed by atoms with Crippen molar-refractivity contribution in [1.82, 2.24) is 0 Å². The van der Waals surface area contributed by atoms with Crippen LogP contribution in [0.25, 0.3) is 0 Å². The largest absolute Gasteiger partial charge is 0.495 e. The molecule has 0 aromatic heterocycles. The van der Waals surface area contributed by atoms with Gasteiger partial charge in [-0.2, -0.15) is 0 Å². The van der Waals surface area contributed by atoms with Crippen molar-refractivity contribution in [1.29, 1.82) is 0 Å². The molecule has 10 heavy (non-hydrogen) atoms. The lowest BCUT2D eigenvalue weighted by molar-refractivity contribution is 0.417. The highest BCUT2D eigenvalue weighted by Gasteiger charge is 1.94. The highest BCUT2D eigenvalue weighted by Crippen LogP contribution is 2.21. The average Bonchev–Trinajstić information content (AvgIpc) is 2.04. The number of nitrogens with one attached hydrogen (secondary N) is 1. The van der Waals surface area contributed by atoms with Crippen molar-refractivity contribution in [2.45, 2.75) is 0 Å². The van der Waals surface area contributed by atoms with Crippen LogP contribution in [0.1, 0.15) is 0 Å². The number of hydrogen-bond donors (Lipinski definition) is 1. The molecule has 0 amide bonds. The van der Waals surface area contributed by atoms with Crippen molar-refractivity contribution in [3.05, 3.63) is 24.3 Å². The van der Waals surface area contributed by atoms with Crippen LogP contribution < -0.4 is 9.96 Å². The second-order valence-corrected chi connectivity index (χ2v) is 1.84. The third kappa shape index (κ3) is 1.24. The molecule has 0 fully saturated rings. The Morgan fingerprint density at radius 3 is 2.60 bits per heavy atom. The molecule has 0 heterocycles. The van der Waals surface area contributed by atoms with Crippen molar-refractivity contribution < 1.29 is 4.74 Å². The summed E-state index contributed by atoms with van der Waals surface area (Å²) in [5.74, 6) is 0.755. The first-order chi connectivity index (χ1) is 4.88. The third-order valence-corrected chi connectivity index (χ3v) is 1.26. The predicted octanol–water partition coefficient (Wildman–Crippen LogP) is 1.19. The summed E-state index contributed by atoms with van der Waals surface area (Å²) in [4.78, 5) is 0. The molecule has 0 saturated carbocycles. The number of benzene rings is 1. The molecule has 0 aliphatic rings. The Kier molecular flexibility index (Phi) is 2.21. The van der Waals surface area contributed by atoms with E-state index in [0.717, 1.165) is 11.4 Å². The summed E-state index contributed by atoms with van der Waals surface area (Å²) in [5, 5.41) is 2.52. The lowest BCUT2D eigenvalue weighted by Crippen LogP contribution is -1.93. The molecule has 2 nitrogen and oxygen atoms in total. The fourth-order valence-electron chi connectivity index (χ4n) is 0.764. The SMILES string of the molecule is [B]Nc1ccccc1OC. The van der Waals surface area contributed by atoms with E-state index in [2.05, 4.69) is 5.23 Å². The van der Waals surface area contributed by atoms with Gasteiger partial charge in [0.1, 0.15) is 5.75 Å². The molecule has 0 bridgehead atoms. The number of rotatable bonds is 2. The Balaban J connectivity index is 2.96. The van der Waals surface area contributed by atoms with Gasteiger partial charge in [-0.1, -0.05) is 12.1 Å². The van der Waals surface area contributed by atoms with Crippen LogP contribution in [-0.2, 0) is 0 Å². The van der Waals surface area contributed by atoms with Crippen molar-refractivity contribution in [2.75, 3.05) is 12.3 Å². The molecule has 1 aromatic carbocycles. The van der Waals surface area contributed by atoms with E-state index in [1.165, 1.54) is 0 Å². The number of ether oxygens (including phenoxy) is 1. The predicted molar refractivity (Wildman–Crippen MR) is 42.4 cm³/mol. The summed E-state index contributed by atoms with van der Waals surface area (Å²) >= 11 is 0. The first-order valence-electron chi connectivity index (χ1n) is 2.98. The van der Waals surface area contributed by atoms with Crippen LogP contribution in [0.2, 0.25) is 0 Å². The molecule has 0 aliphatic carbocycles. The molecule has 0 saturated heterocycles. The van der Waals surface area contributed by atoms with E-state index in [1.807, 2.05) is 24.3 Å². The number of para-hydroxylation sites is 2. The van der Waals surface area contributed by atoms with Crippen molar-refractivity contribution in [3.63, 3.8) is 0 Å². The molecule has 0 spiro atoms. The summed E-state index contributed by atoms with van der Waals surface area (Å²) < 4.78 is 4.99. The molecule has 50 valence electrons. The van der Waals surface area contributed by atoms with Crippen LogP contribution in [0.15, 0.2) is 24.3 Å². The van der Waals surface area contributed by atoms with Gasteiger partial charge in [-0.05, 0) is 12.1 Å². The first-order valence-corrected chi connectivity index (χ1v) is 2.98. The van der Waals surface area contributed by atoms with Crippen LogP contribution in [0.4, 0.5) is 5.69 Å². The fraction of sp³-hybridized carbons (Fsp3) is 0.143. The fourth-order valence-corrected chi connectivity index (χ4v) is 0.764. The van der Waals surface area contributed by atoms with E-state index in [4.69, 9.17) is 12.7 Å². The second-order valence-electron chi connectivity index (χ2n) is 1.84. The van der Waals surface area contributed by atoms with Crippen LogP contribution in [0.3, 0.4) is 0 Å². The van der Waals surface area contributed by atoms with Gasteiger partial charge in [0.2, 0.25) is 7.98 Å². The zero-order chi connectivity index (χ0) is 7.40. The van der Waals surface area contributed by atoms with E-state index < -0.39 is 0 Å². The number of anilines is 1. The molecular weight excluding hydrogens is 125 g/mol. The quantitative estimate of drug-likeness (QED) is 0.611. The van der Waals surface area contributed by atoms with Gasteiger partial charge in [-0.15, -0.1) is 0 Å². The maximum atomic E-state index is 5.20. The Morgan fingerprint density at radius 1 is 1.40 bits per heavy atom. The maximum absolute atomic E-state index is 5.20. The van der Waals surface area contributed by atoms with E-state index in [1.54, 1.807) is 7.11 Å². The zero-order valence-electron chi connectivity index (χ0n) is 5.79. The van der Waals surface area contributed by atoms with Crippen molar-refractivity contribution in [3.8, 4) is 5.75 Å². The van der Waals surface area contributed by atoms with Gasteiger partial charge in [-0.3, -0.25) is 0 Å². The average molecular weight is 133 g/mol. The van der Waals surface area contributed by atoms with Gasteiger partial charge in [0.25, 0.3) is 0 Å². The maximum Gasteiger partial charge on any atom is 0.222 e. The molecule has 1 aromatic rings. The Hall–Kier alpha value is -1.12. The minimum Gasteiger partial charge on any atom is -0.495 e. The summed E-state index contributed by atoms with van der Waals surface area (Å²) in [6.07, 6.45) is 0. The first kappa shape index (κ1) is 7.00. The molecule has 1 rings (SSSR count). The lowest BCUT2D eigenvalue weighted by Gasteiger charge is -2.05. The molecule has 2 radical (unpaired) electrons. The Labute approximate surface area is 61.6 Å². The Morgan fingerprint density at radius 2 is 2.10 bits per heavy atom. The standard InChI is InChI=1S/C7H8BNO/c1-10-7-5-3-2-4-6(7)9-8/h2-5,9H,1H3. The van der Waals surface area contributed by atoms with E-state index in [-0.39, 0.29) is 0 Å². The van der Waals surface area contributed by atoms with Crippen molar-refractivity contribution >= 4 is 13.7 Å². The Bertz CT molecular complexity index is 192. The van der Waals surface area contributed by atoms with Crippen LogP contribution in [0, 0.1) is 0 Å². The summed E-state index contributed by atoms with van der Waals surface area (Å²) in [6.45, 7) is 0. The highest BCUT2D eigenvalue weighted by molar-refractivity contribution is 6.16. The number of methoxy groups -OCH3 is 1. The molecule has 0 atom stereocenters. The highest BCUT2D eigenvalue weighted by atomic mass is 16.5. The lowest BCUT2D eigenvalue weighted by atomic mass is 10.2.